The highest BCUT2D eigenvalue weighted by Gasteiger charge is 2.26. The zero-order valence-corrected chi connectivity index (χ0v) is 15.5. The SMILES string of the molecule is CCc1nsc(N2CCN(C(=O)[C@@H](N)CCSC)CC2)n1.Cl. The van der Waals surface area contributed by atoms with E-state index in [1.165, 1.54) is 11.5 Å². The summed E-state index contributed by atoms with van der Waals surface area (Å²) in [5, 5.41) is 0.964. The van der Waals surface area contributed by atoms with Crippen LogP contribution < -0.4 is 10.6 Å². The van der Waals surface area contributed by atoms with Crippen molar-refractivity contribution in [1.82, 2.24) is 14.3 Å². The monoisotopic (exact) mass is 365 g/mol. The van der Waals surface area contributed by atoms with Crippen LogP contribution in [0.25, 0.3) is 0 Å². The molecule has 0 bridgehead atoms. The smallest absolute Gasteiger partial charge is 0.239 e. The molecule has 1 aliphatic heterocycles. The van der Waals surface area contributed by atoms with E-state index in [1.807, 2.05) is 11.2 Å². The fourth-order valence-electron chi connectivity index (χ4n) is 2.24. The van der Waals surface area contributed by atoms with Crippen LogP contribution >= 0.6 is 35.7 Å². The molecule has 0 saturated carbocycles. The summed E-state index contributed by atoms with van der Waals surface area (Å²) in [6, 6.07) is -0.364. The lowest BCUT2D eigenvalue weighted by atomic mass is 10.2. The summed E-state index contributed by atoms with van der Waals surface area (Å²) in [4.78, 5) is 20.8. The van der Waals surface area contributed by atoms with Gasteiger partial charge in [0.05, 0.1) is 6.04 Å². The predicted molar refractivity (Wildman–Crippen MR) is 96.3 cm³/mol. The van der Waals surface area contributed by atoms with Gasteiger partial charge in [0.2, 0.25) is 11.0 Å². The van der Waals surface area contributed by atoms with Crippen molar-refractivity contribution >= 4 is 46.7 Å². The van der Waals surface area contributed by atoms with Gasteiger partial charge in [-0.25, -0.2) is 4.98 Å². The molecule has 1 aromatic heterocycles. The zero-order chi connectivity index (χ0) is 15.2. The van der Waals surface area contributed by atoms with Crippen LogP contribution in [0.4, 0.5) is 5.13 Å². The van der Waals surface area contributed by atoms with Gasteiger partial charge in [-0.2, -0.15) is 16.1 Å². The molecule has 2 N–H and O–H groups in total. The van der Waals surface area contributed by atoms with Crippen molar-refractivity contribution in [3.05, 3.63) is 5.82 Å². The number of carbonyl (C=O) groups excluding carboxylic acids is 1. The van der Waals surface area contributed by atoms with E-state index in [2.05, 4.69) is 21.2 Å². The third-order valence-electron chi connectivity index (χ3n) is 3.59. The highest BCUT2D eigenvalue weighted by molar-refractivity contribution is 7.98. The molecule has 1 fully saturated rings. The van der Waals surface area contributed by atoms with Crippen molar-refractivity contribution in [2.24, 2.45) is 5.73 Å². The van der Waals surface area contributed by atoms with Crippen LogP contribution in [0.3, 0.4) is 0 Å². The van der Waals surface area contributed by atoms with Crippen molar-refractivity contribution < 1.29 is 4.79 Å². The minimum atomic E-state index is -0.364. The van der Waals surface area contributed by atoms with Crippen molar-refractivity contribution in [2.45, 2.75) is 25.8 Å². The Hall–Kier alpha value is -0.570. The minimum Gasteiger partial charge on any atom is -0.343 e. The van der Waals surface area contributed by atoms with E-state index in [9.17, 15) is 4.79 Å². The Balaban J connectivity index is 0.00000242. The molecule has 2 rings (SSSR count). The Bertz CT molecular complexity index is 465. The number of rotatable bonds is 6. The van der Waals surface area contributed by atoms with Crippen molar-refractivity contribution in [1.29, 1.82) is 0 Å². The van der Waals surface area contributed by atoms with Gasteiger partial charge in [-0.3, -0.25) is 4.79 Å². The van der Waals surface area contributed by atoms with Crippen LogP contribution in [-0.2, 0) is 11.2 Å². The summed E-state index contributed by atoms with van der Waals surface area (Å²) < 4.78 is 4.31. The summed E-state index contributed by atoms with van der Waals surface area (Å²) in [5.74, 6) is 1.90. The van der Waals surface area contributed by atoms with Gasteiger partial charge in [-0.05, 0) is 18.4 Å². The van der Waals surface area contributed by atoms with E-state index in [0.717, 1.165) is 42.6 Å². The number of aryl methyl sites for hydroxylation is 1. The molecule has 1 saturated heterocycles. The summed E-state index contributed by atoms with van der Waals surface area (Å²) in [6.07, 6.45) is 3.64. The second-order valence-electron chi connectivity index (χ2n) is 5.05. The highest BCUT2D eigenvalue weighted by atomic mass is 35.5. The number of hydrogen-bond acceptors (Lipinski definition) is 7. The molecular weight excluding hydrogens is 342 g/mol. The van der Waals surface area contributed by atoms with Crippen LogP contribution in [0.1, 0.15) is 19.2 Å². The van der Waals surface area contributed by atoms with E-state index in [0.29, 0.717) is 13.1 Å². The molecule has 22 heavy (non-hydrogen) atoms. The maximum Gasteiger partial charge on any atom is 0.239 e. The van der Waals surface area contributed by atoms with Gasteiger partial charge >= 0.3 is 0 Å². The molecule has 1 aliphatic rings. The van der Waals surface area contributed by atoms with Crippen LogP contribution in [0.5, 0.6) is 0 Å². The number of nitrogens with two attached hydrogens (primary N) is 1. The van der Waals surface area contributed by atoms with E-state index < -0.39 is 0 Å². The van der Waals surface area contributed by atoms with E-state index in [1.54, 1.807) is 11.8 Å². The summed E-state index contributed by atoms with van der Waals surface area (Å²) in [5.41, 5.74) is 5.96. The van der Waals surface area contributed by atoms with E-state index in [4.69, 9.17) is 5.73 Å². The first-order chi connectivity index (χ1) is 10.2. The number of piperazine rings is 1. The Morgan fingerprint density at radius 3 is 2.64 bits per heavy atom. The van der Waals surface area contributed by atoms with Gasteiger partial charge in [0.15, 0.2) is 0 Å². The molecule has 0 aliphatic carbocycles. The predicted octanol–water partition coefficient (Wildman–Crippen LogP) is 1.25. The first-order valence-electron chi connectivity index (χ1n) is 7.26. The quantitative estimate of drug-likeness (QED) is 0.817. The lowest BCUT2D eigenvalue weighted by molar-refractivity contribution is -0.132. The van der Waals surface area contributed by atoms with Gasteiger partial charge in [0.25, 0.3) is 0 Å². The number of aromatic nitrogens is 2. The topological polar surface area (TPSA) is 75.4 Å². The van der Waals surface area contributed by atoms with Crippen molar-refractivity contribution in [3.63, 3.8) is 0 Å². The van der Waals surface area contributed by atoms with Crippen molar-refractivity contribution in [3.8, 4) is 0 Å². The van der Waals surface area contributed by atoms with Crippen LogP contribution in [-0.4, -0.2) is 64.4 Å². The third kappa shape index (κ3) is 4.97. The van der Waals surface area contributed by atoms with E-state index >= 15 is 0 Å². The summed E-state index contributed by atoms with van der Waals surface area (Å²) in [6.45, 7) is 5.09. The number of carbonyl (C=O) groups is 1. The number of nitrogens with zero attached hydrogens (tertiary/aromatic N) is 4. The van der Waals surface area contributed by atoms with Crippen LogP contribution in [0, 0.1) is 0 Å². The van der Waals surface area contributed by atoms with Gasteiger partial charge < -0.3 is 15.5 Å². The molecule has 9 heteroatoms. The Morgan fingerprint density at radius 2 is 2.09 bits per heavy atom. The fourth-order valence-corrected chi connectivity index (χ4v) is 3.53. The fraction of sp³-hybridized carbons (Fsp3) is 0.769. The van der Waals surface area contributed by atoms with Gasteiger partial charge in [0.1, 0.15) is 5.82 Å². The molecule has 2 heterocycles. The zero-order valence-electron chi connectivity index (χ0n) is 13.0. The lowest BCUT2D eigenvalue weighted by Gasteiger charge is -2.35. The number of amides is 1. The Kier molecular flexibility index (Phi) is 8.45. The summed E-state index contributed by atoms with van der Waals surface area (Å²) >= 11 is 3.16. The lowest BCUT2D eigenvalue weighted by Crippen LogP contribution is -2.53. The first kappa shape index (κ1) is 19.5. The number of hydrogen-bond donors (Lipinski definition) is 1. The molecule has 0 unspecified atom stereocenters. The standard InChI is InChI=1S/C13H23N5OS2.ClH/c1-3-11-15-13(21-16-11)18-7-5-17(6-8-18)12(19)10(14)4-9-20-2;/h10H,3-9,14H2,1-2H3;1H/t10-;/m0./s1. The molecule has 1 aromatic rings. The number of thioether (sulfide) groups is 1. The second kappa shape index (κ2) is 9.54. The second-order valence-corrected chi connectivity index (χ2v) is 6.76. The normalized spacial score (nSPS) is 16.3. The van der Waals surface area contributed by atoms with Crippen molar-refractivity contribution in [2.75, 3.05) is 43.1 Å². The molecule has 1 atom stereocenters. The maximum atomic E-state index is 12.2. The Morgan fingerprint density at radius 1 is 1.41 bits per heavy atom. The van der Waals surface area contributed by atoms with Gasteiger partial charge in [-0.15, -0.1) is 12.4 Å². The molecule has 126 valence electrons. The highest BCUT2D eigenvalue weighted by Crippen LogP contribution is 2.19. The summed E-state index contributed by atoms with van der Waals surface area (Å²) in [7, 11) is 0. The third-order valence-corrected chi connectivity index (χ3v) is 5.04. The molecule has 6 nitrogen and oxygen atoms in total. The molecule has 1 amide bonds. The maximum absolute atomic E-state index is 12.2. The molecular formula is C13H24ClN5OS2. The Labute approximate surface area is 146 Å². The largest absolute Gasteiger partial charge is 0.343 e. The van der Waals surface area contributed by atoms with Crippen LogP contribution in [0.15, 0.2) is 0 Å². The first-order valence-corrected chi connectivity index (χ1v) is 9.43. The van der Waals surface area contributed by atoms with E-state index in [-0.39, 0.29) is 24.4 Å². The van der Waals surface area contributed by atoms with Gasteiger partial charge in [0, 0.05) is 44.1 Å². The number of anilines is 1. The van der Waals surface area contributed by atoms with Crippen LogP contribution in [0.2, 0.25) is 0 Å². The molecule has 0 radical (unpaired) electrons. The minimum absolute atomic E-state index is 0. The molecule has 0 aromatic carbocycles. The number of halogens is 1. The average molecular weight is 366 g/mol. The average Bonchev–Trinajstić information content (AvgIpc) is 3.01. The van der Waals surface area contributed by atoms with Gasteiger partial charge in [-0.1, -0.05) is 6.92 Å². The molecule has 0 spiro atoms.